The van der Waals surface area contributed by atoms with Crippen LogP contribution in [0, 0.1) is 20.2 Å². The Morgan fingerprint density at radius 3 is 1.38 bits per heavy atom. The van der Waals surface area contributed by atoms with Crippen LogP contribution in [0.5, 0.6) is 0 Å². The molecule has 16 nitrogen and oxygen atoms in total. The minimum Gasteiger partial charge on any atom is -0.379 e. The number of hydrogen-bond donors (Lipinski definition) is 2. The largest absolute Gasteiger partial charge is 0.379 e. The van der Waals surface area contributed by atoms with E-state index >= 15 is 0 Å². The van der Waals surface area contributed by atoms with Crippen LogP contribution < -0.4 is 10.6 Å². The van der Waals surface area contributed by atoms with E-state index in [4.69, 9.17) is 9.47 Å². The first-order chi connectivity index (χ1) is 20.3. The van der Waals surface area contributed by atoms with E-state index in [2.05, 4.69) is 31.0 Å². The summed E-state index contributed by atoms with van der Waals surface area (Å²) in [6, 6.07) is 10.5. The number of nitrogens with zero attached hydrogens (tertiary/aromatic N) is 6. The number of nitrogens with one attached hydrogen (secondary N) is 2. The Kier molecular flexibility index (Phi) is 10.6. The lowest BCUT2D eigenvalue weighted by Crippen LogP contribution is -2.11. The highest BCUT2D eigenvalue weighted by molar-refractivity contribution is 7.15. The lowest BCUT2D eigenvalue weighted by Gasteiger charge is -2.04. The molecule has 0 aliphatic rings. The Morgan fingerprint density at radius 2 is 1.02 bits per heavy atom. The Balaban J connectivity index is 1.07. The van der Waals surface area contributed by atoms with Gasteiger partial charge in [0.2, 0.25) is 10.3 Å². The zero-order valence-electron chi connectivity index (χ0n) is 21.6. The van der Waals surface area contributed by atoms with Crippen molar-refractivity contribution in [1.29, 1.82) is 0 Å². The van der Waals surface area contributed by atoms with E-state index in [0.717, 1.165) is 0 Å². The third kappa shape index (κ3) is 8.86. The number of nitro benzene ring substituents is 2. The average molecular weight is 615 g/mol. The number of carbonyl (C=O) groups excluding carboxylic acids is 2. The minimum atomic E-state index is -0.540. The molecule has 0 atom stereocenters. The number of ether oxygens (including phenoxy) is 2. The number of amides is 2. The molecule has 0 saturated carbocycles. The van der Waals surface area contributed by atoms with Crippen LogP contribution in [-0.4, -0.2) is 68.5 Å². The van der Waals surface area contributed by atoms with Gasteiger partial charge in [0, 0.05) is 48.2 Å². The number of anilines is 2. The molecule has 0 aliphatic carbocycles. The summed E-state index contributed by atoms with van der Waals surface area (Å²) >= 11 is 2.41. The molecule has 0 radical (unpaired) electrons. The van der Waals surface area contributed by atoms with Crippen LogP contribution >= 0.6 is 22.7 Å². The molecule has 0 spiro atoms. The van der Waals surface area contributed by atoms with Gasteiger partial charge in [0.1, 0.15) is 10.0 Å². The predicted molar refractivity (Wildman–Crippen MR) is 151 cm³/mol. The Bertz CT molecular complexity index is 1430. The molecule has 2 N–H and O–H groups in total. The highest BCUT2D eigenvalue weighted by Gasteiger charge is 2.14. The van der Waals surface area contributed by atoms with Gasteiger partial charge in [0.05, 0.1) is 36.3 Å². The van der Waals surface area contributed by atoms with E-state index in [-0.39, 0.29) is 22.5 Å². The molecule has 0 bridgehead atoms. The fourth-order valence-electron chi connectivity index (χ4n) is 3.26. The molecule has 42 heavy (non-hydrogen) atoms. The van der Waals surface area contributed by atoms with Gasteiger partial charge in [-0.3, -0.25) is 40.5 Å². The zero-order valence-corrected chi connectivity index (χ0v) is 23.3. The van der Waals surface area contributed by atoms with Gasteiger partial charge in [-0.05, 0) is 24.3 Å². The average Bonchev–Trinajstić information content (AvgIpc) is 3.63. The van der Waals surface area contributed by atoms with Gasteiger partial charge in [-0.15, -0.1) is 20.4 Å². The lowest BCUT2D eigenvalue weighted by molar-refractivity contribution is -0.385. The van der Waals surface area contributed by atoms with Crippen molar-refractivity contribution in [3.05, 3.63) is 89.9 Å². The van der Waals surface area contributed by atoms with Gasteiger partial charge >= 0.3 is 0 Å². The van der Waals surface area contributed by atoms with Crippen molar-refractivity contribution in [2.45, 2.75) is 12.8 Å². The molecule has 0 saturated heterocycles. The van der Waals surface area contributed by atoms with E-state index in [1.54, 1.807) is 0 Å². The zero-order chi connectivity index (χ0) is 29.9. The number of carbonyl (C=O) groups is 2. The highest BCUT2D eigenvalue weighted by Crippen LogP contribution is 2.19. The molecule has 4 rings (SSSR count). The van der Waals surface area contributed by atoms with Crippen molar-refractivity contribution in [3.63, 3.8) is 0 Å². The van der Waals surface area contributed by atoms with E-state index in [1.807, 2.05) is 0 Å². The van der Waals surface area contributed by atoms with Crippen LogP contribution in [0.1, 0.15) is 30.7 Å². The standard InChI is InChI=1S/C24H22N8O8S2/c33-21(15-1-5-17(6-2-15)31(35)36)25-23-29-27-19(41-23)9-11-39-13-14-40-12-10-20-28-30-24(42-20)26-22(34)16-3-7-18(8-4-16)32(37)38/h1-8H,9-14H2,(H,25,29,33)(H,26,30,34). The molecular weight excluding hydrogens is 592 g/mol. The fourth-order valence-corrected chi connectivity index (χ4v) is 4.69. The second-order valence-electron chi connectivity index (χ2n) is 8.24. The van der Waals surface area contributed by atoms with E-state index in [9.17, 15) is 29.8 Å². The second kappa shape index (κ2) is 14.7. The molecule has 218 valence electrons. The fraction of sp³-hybridized carbons (Fsp3) is 0.250. The molecule has 18 heteroatoms. The predicted octanol–water partition coefficient (Wildman–Crippen LogP) is 3.53. The number of nitro groups is 2. The summed E-state index contributed by atoms with van der Waals surface area (Å²) in [5, 5.41) is 44.5. The normalized spacial score (nSPS) is 10.8. The van der Waals surface area contributed by atoms with E-state index < -0.39 is 21.7 Å². The van der Waals surface area contributed by atoms with Gasteiger partial charge in [0.25, 0.3) is 23.2 Å². The van der Waals surface area contributed by atoms with Gasteiger partial charge in [-0.25, -0.2) is 0 Å². The molecule has 0 aliphatic heterocycles. The second-order valence-corrected chi connectivity index (χ2v) is 10.4. The molecule has 2 aromatic carbocycles. The van der Waals surface area contributed by atoms with Gasteiger partial charge in [-0.2, -0.15) is 0 Å². The third-order valence-corrected chi connectivity index (χ3v) is 7.14. The van der Waals surface area contributed by atoms with Crippen molar-refractivity contribution in [1.82, 2.24) is 20.4 Å². The highest BCUT2D eigenvalue weighted by atomic mass is 32.1. The van der Waals surface area contributed by atoms with Crippen molar-refractivity contribution >= 4 is 56.1 Å². The smallest absolute Gasteiger partial charge is 0.269 e. The minimum absolute atomic E-state index is 0.104. The maximum Gasteiger partial charge on any atom is 0.269 e. The first kappa shape index (κ1) is 30.2. The first-order valence-electron chi connectivity index (χ1n) is 12.2. The number of rotatable bonds is 15. The number of non-ortho nitro benzene ring substituents is 2. The van der Waals surface area contributed by atoms with Gasteiger partial charge in [0.15, 0.2) is 0 Å². The number of benzene rings is 2. The third-order valence-electron chi connectivity index (χ3n) is 5.35. The van der Waals surface area contributed by atoms with Crippen LogP contribution in [0.25, 0.3) is 0 Å². The van der Waals surface area contributed by atoms with Crippen LogP contribution in [0.15, 0.2) is 48.5 Å². The number of aromatic nitrogens is 4. The van der Waals surface area contributed by atoms with Gasteiger partial charge < -0.3 is 9.47 Å². The van der Waals surface area contributed by atoms with Crippen molar-refractivity contribution in [3.8, 4) is 0 Å². The van der Waals surface area contributed by atoms with Crippen molar-refractivity contribution in [2.75, 3.05) is 37.1 Å². The summed E-state index contributed by atoms with van der Waals surface area (Å²) in [7, 11) is 0. The summed E-state index contributed by atoms with van der Waals surface area (Å²) in [5.41, 5.74) is 0.317. The van der Waals surface area contributed by atoms with Crippen molar-refractivity contribution in [2.24, 2.45) is 0 Å². The van der Waals surface area contributed by atoms with E-state index in [0.29, 0.717) is 59.5 Å². The molecule has 2 aromatic heterocycles. The summed E-state index contributed by atoms with van der Waals surface area (Å²) < 4.78 is 11.1. The number of hydrogen-bond acceptors (Lipinski definition) is 14. The summed E-state index contributed by atoms with van der Waals surface area (Å²) in [5.74, 6) is -0.893. The summed E-state index contributed by atoms with van der Waals surface area (Å²) in [6.07, 6.45) is 0.981. The summed E-state index contributed by atoms with van der Waals surface area (Å²) in [6.45, 7) is 1.47. The Labute approximate surface area is 245 Å². The molecule has 0 fully saturated rings. The maximum absolute atomic E-state index is 12.3. The lowest BCUT2D eigenvalue weighted by atomic mass is 10.2. The SMILES string of the molecule is O=C(Nc1nnc(CCOCCOCCc2nnc(NC(=O)c3ccc([N+](=O)[O-])cc3)s2)s1)c1ccc([N+](=O)[O-])cc1. The van der Waals surface area contributed by atoms with Crippen LogP contribution in [-0.2, 0) is 22.3 Å². The molecule has 4 aromatic rings. The van der Waals surface area contributed by atoms with Gasteiger partial charge in [-0.1, -0.05) is 22.7 Å². The topological polar surface area (TPSA) is 214 Å². The monoisotopic (exact) mass is 614 g/mol. The van der Waals surface area contributed by atoms with E-state index in [1.165, 1.54) is 71.2 Å². The maximum atomic E-state index is 12.3. The molecule has 2 amide bonds. The summed E-state index contributed by atoms with van der Waals surface area (Å²) in [4.78, 5) is 44.9. The molecule has 0 unspecified atom stereocenters. The first-order valence-corrected chi connectivity index (χ1v) is 13.8. The molecule has 2 heterocycles. The van der Waals surface area contributed by atoms with Crippen LogP contribution in [0.4, 0.5) is 21.6 Å². The Hall–Kier alpha value is -4.78. The Morgan fingerprint density at radius 1 is 0.643 bits per heavy atom. The van der Waals surface area contributed by atoms with Crippen LogP contribution in [0.2, 0.25) is 0 Å². The molecular formula is C24H22N8O8S2. The quantitative estimate of drug-likeness (QED) is 0.112. The van der Waals surface area contributed by atoms with Crippen LogP contribution in [0.3, 0.4) is 0 Å². The van der Waals surface area contributed by atoms with Crippen molar-refractivity contribution < 1.29 is 28.9 Å².